The molecule has 9 heteroatoms. The molecular weight excluding hydrogens is 338 g/mol. The second kappa shape index (κ2) is 6.51. The molecule has 21 heavy (non-hydrogen) atoms. The minimum absolute atomic E-state index is 0.104. The van der Waals surface area contributed by atoms with Gasteiger partial charge in [-0.05, 0) is 38.5 Å². The fourth-order valence-electron chi connectivity index (χ4n) is 1.60. The Labute approximate surface area is 129 Å². The number of sulfonamides is 1. The van der Waals surface area contributed by atoms with Gasteiger partial charge in [-0.25, -0.2) is 21.6 Å². The summed E-state index contributed by atoms with van der Waals surface area (Å²) in [7, 11) is -0.784. The molecule has 0 heterocycles. The van der Waals surface area contributed by atoms with Gasteiger partial charge in [-0.3, -0.25) is 0 Å². The summed E-state index contributed by atoms with van der Waals surface area (Å²) >= 11 is 0. The molecule has 1 atom stereocenters. The third kappa shape index (κ3) is 4.57. The molecule has 0 aliphatic rings. The minimum atomic E-state index is -3.99. The van der Waals surface area contributed by atoms with Crippen molar-refractivity contribution in [2.24, 2.45) is 0 Å². The Morgan fingerprint density at radius 3 is 2.14 bits per heavy atom. The van der Waals surface area contributed by atoms with Crippen molar-refractivity contribution in [3.63, 3.8) is 0 Å². The van der Waals surface area contributed by atoms with Crippen LogP contribution in [0.25, 0.3) is 0 Å². The van der Waals surface area contributed by atoms with Crippen molar-refractivity contribution in [1.82, 2.24) is 4.72 Å². The molecule has 0 saturated carbocycles. The van der Waals surface area contributed by atoms with Crippen LogP contribution in [0, 0.1) is 0 Å². The lowest BCUT2D eigenvalue weighted by atomic mass is 10.1. The monoisotopic (exact) mass is 355 g/mol. The van der Waals surface area contributed by atoms with Crippen LogP contribution in [0.3, 0.4) is 0 Å². The maximum Gasteiger partial charge on any atom is 0.264 e. The van der Waals surface area contributed by atoms with E-state index >= 15 is 0 Å². The number of rotatable bonds is 6. The normalized spacial score (nSPS) is 14.2. The van der Waals surface area contributed by atoms with Crippen LogP contribution in [0.15, 0.2) is 23.1 Å². The van der Waals surface area contributed by atoms with Crippen LogP contribution in [-0.4, -0.2) is 29.2 Å². The molecule has 0 spiro atoms. The standard InChI is InChI=1S/C12H18ClNO5S2/c1-8(2)21(17,18)14-9(3)10-5-6-11(19-4)12(7-10)20(13,15)16/h5-9,14H,1-4H3. The number of halogens is 1. The van der Waals surface area contributed by atoms with Crippen LogP contribution in [0.1, 0.15) is 32.4 Å². The smallest absolute Gasteiger partial charge is 0.264 e. The number of nitrogens with one attached hydrogen (secondary N) is 1. The summed E-state index contributed by atoms with van der Waals surface area (Å²) in [5.74, 6) is 0.104. The first-order valence-electron chi connectivity index (χ1n) is 6.12. The van der Waals surface area contributed by atoms with Gasteiger partial charge in [-0.15, -0.1) is 0 Å². The van der Waals surface area contributed by atoms with Gasteiger partial charge in [0.25, 0.3) is 9.05 Å². The quantitative estimate of drug-likeness (QED) is 0.788. The van der Waals surface area contributed by atoms with Gasteiger partial charge in [-0.1, -0.05) is 6.07 Å². The van der Waals surface area contributed by atoms with E-state index in [2.05, 4.69) is 4.72 Å². The first-order chi connectivity index (χ1) is 9.49. The van der Waals surface area contributed by atoms with Crippen molar-refractivity contribution >= 4 is 29.8 Å². The predicted molar refractivity (Wildman–Crippen MR) is 81.6 cm³/mol. The van der Waals surface area contributed by atoms with Crippen molar-refractivity contribution in [3.05, 3.63) is 23.8 Å². The number of benzene rings is 1. The van der Waals surface area contributed by atoms with E-state index < -0.39 is 30.4 Å². The van der Waals surface area contributed by atoms with Crippen molar-refractivity contribution < 1.29 is 21.6 Å². The van der Waals surface area contributed by atoms with Gasteiger partial charge in [0.15, 0.2) is 0 Å². The summed E-state index contributed by atoms with van der Waals surface area (Å²) in [5.41, 5.74) is 0.472. The summed E-state index contributed by atoms with van der Waals surface area (Å²) in [4.78, 5) is -0.195. The highest BCUT2D eigenvalue weighted by Gasteiger charge is 2.22. The van der Waals surface area contributed by atoms with E-state index in [1.807, 2.05) is 0 Å². The topological polar surface area (TPSA) is 89.5 Å². The van der Waals surface area contributed by atoms with E-state index in [1.54, 1.807) is 26.8 Å². The van der Waals surface area contributed by atoms with Crippen LogP contribution in [0.5, 0.6) is 5.75 Å². The lowest BCUT2D eigenvalue weighted by Crippen LogP contribution is -2.32. The molecule has 6 nitrogen and oxygen atoms in total. The summed E-state index contributed by atoms with van der Waals surface area (Å²) in [6.45, 7) is 4.72. The van der Waals surface area contributed by atoms with Gasteiger partial charge in [0.05, 0.1) is 12.4 Å². The highest BCUT2D eigenvalue weighted by molar-refractivity contribution is 8.13. The molecule has 1 aromatic carbocycles. The number of methoxy groups -OCH3 is 1. The average Bonchev–Trinajstić information content (AvgIpc) is 2.36. The minimum Gasteiger partial charge on any atom is -0.495 e. The molecule has 1 rings (SSSR count). The third-order valence-electron chi connectivity index (χ3n) is 2.91. The lowest BCUT2D eigenvalue weighted by Gasteiger charge is -2.17. The predicted octanol–water partition coefficient (Wildman–Crippen LogP) is 2.01. The summed E-state index contributed by atoms with van der Waals surface area (Å²) in [6.07, 6.45) is 0. The number of ether oxygens (including phenoxy) is 1. The lowest BCUT2D eigenvalue weighted by molar-refractivity contribution is 0.402. The molecule has 0 aromatic heterocycles. The summed E-state index contributed by atoms with van der Waals surface area (Å²) in [5, 5.41) is -0.588. The second-order valence-corrected chi connectivity index (χ2v) is 9.58. The van der Waals surface area contributed by atoms with Crippen molar-refractivity contribution in [3.8, 4) is 5.75 Å². The Hall–Kier alpha value is -0.830. The molecule has 0 aliphatic heterocycles. The van der Waals surface area contributed by atoms with Gasteiger partial charge >= 0.3 is 0 Å². The zero-order valence-electron chi connectivity index (χ0n) is 12.1. The molecule has 1 aromatic rings. The Morgan fingerprint density at radius 1 is 1.14 bits per heavy atom. The summed E-state index contributed by atoms with van der Waals surface area (Å²) in [6, 6.07) is 3.72. The van der Waals surface area contributed by atoms with E-state index in [-0.39, 0.29) is 10.6 Å². The Morgan fingerprint density at radius 2 is 1.71 bits per heavy atom. The molecule has 1 N–H and O–H groups in total. The Kier molecular flexibility index (Phi) is 5.65. The van der Waals surface area contributed by atoms with Gasteiger partial charge in [0, 0.05) is 16.7 Å². The van der Waals surface area contributed by atoms with Crippen LogP contribution >= 0.6 is 10.7 Å². The summed E-state index contributed by atoms with van der Waals surface area (Å²) < 4.78 is 54.2. The van der Waals surface area contributed by atoms with Gasteiger partial charge < -0.3 is 4.74 Å². The SMILES string of the molecule is COc1ccc(C(C)NS(=O)(=O)C(C)C)cc1S(=O)(=O)Cl. The maximum absolute atomic E-state index is 11.8. The van der Waals surface area contributed by atoms with Crippen LogP contribution in [0.4, 0.5) is 0 Å². The second-order valence-electron chi connectivity index (χ2n) is 4.78. The highest BCUT2D eigenvalue weighted by atomic mass is 35.7. The maximum atomic E-state index is 11.8. The van der Waals surface area contributed by atoms with E-state index in [0.29, 0.717) is 5.56 Å². The van der Waals surface area contributed by atoms with Gasteiger partial charge in [-0.2, -0.15) is 0 Å². The first-order valence-corrected chi connectivity index (χ1v) is 9.98. The van der Waals surface area contributed by atoms with Crippen molar-refractivity contribution in [1.29, 1.82) is 0 Å². The van der Waals surface area contributed by atoms with Crippen molar-refractivity contribution in [2.45, 2.75) is 37.0 Å². The van der Waals surface area contributed by atoms with E-state index in [4.69, 9.17) is 15.4 Å². The fraction of sp³-hybridized carbons (Fsp3) is 0.500. The largest absolute Gasteiger partial charge is 0.495 e. The van der Waals surface area contributed by atoms with E-state index in [0.717, 1.165) is 0 Å². The van der Waals surface area contributed by atoms with E-state index in [9.17, 15) is 16.8 Å². The van der Waals surface area contributed by atoms with Crippen LogP contribution in [0.2, 0.25) is 0 Å². The zero-order chi connectivity index (χ0) is 16.4. The van der Waals surface area contributed by atoms with Crippen LogP contribution in [-0.2, 0) is 19.1 Å². The fourth-order valence-corrected chi connectivity index (χ4v) is 3.54. The molecule has 0 bridgehead atoms. The first kappa shape index (κ1) is 18.2. The third-order valence-corrected chi connectivity index (χ3v) is 6.18. The molecule has 0 radical (unpaired) electrons. The molecule has 0 fully saturated rings. The molecule has 0 saturated heterocycles. The highest BCUT2D eigenvalue weighted by Crippen LogP contribution is 2.30. The molecule has 0 amide bonds. The van der Waals surface area contributed by atoms with Crippen molar-refractivity contribution in [2.75, 3.05) is 7.11 Å². The molecule has 120 valence electrons. The van der Waals surface area contributed by atoms with Gasteiger partial charge in [0.1, 0.15) is 10.6 Å². The zero-order valence-corrected chi connectivity index (χ0v) is 14.5. The molecular formula is C12H18ClNO5S2. The average molecular weight is 356 g/mol. The number of hydrogen-bond donors (Lipinski definition) is 1. The Bertz CT molecular complexity index is 713. The molecule has 1 unspecified atom stereocenters. The Balaban J connectivity index is 3.22. The van der Waals surface area contributed by atoms with Gasteiger partial charge in [0.2, 0.25) is 10.0 Å². The number of hydrogen-bond acceptors (Lipinski definition) is 5. The molecule has 0 aliphatic carbocycles. The van der Waals surface area contributed by atoms with E-state index in [1.165, 1.54) is 19.2 Å². The van der Waals surface area contributed by atoms with Crippen LogP contribution < -0.4 is 9.46 Å².